The van der Waals surface area contributed by atoms with Gasteiger partial charge in [0, 0.05) is 42.4 Å². The van der Waals surface area contributed by atoms with Gasteiger partial charge in [-0.25, -0.2) is 0 Å². The number of ketones is 1. The van der Waals surface area contributed by atoms with Crippen LogP contribution in [-0.2, 0) is 5.41 Å². The van der Waals surface area contributed by atoms with Gasteiger partial charge < -0.3 is 14.4 Å². The van der Waals surface area contributed by atoms with Crippen LogP contribution in [0.2, 0.25) is 0 Å². The number of ether oxygens (including phenoxy) is 2. The molecule has 0 aliphatic heterocycles. The number of rotatable bonds is 12. The molecular weight excluding hydrogens is 438 g/mol. The molecule has 35 heavy (non-hydrogen) atoms. The summed E-state index contributed by atoms with van der Waals surface area (Å²) < 4.78 is 12.3. The molecule has 0 radical (unpaired) electrons. The lowest BCUT2D eigenvalue weighted by Gasteiger charge is -2.25. The molecular formula is C30H41NO4. The van der Waals surface area contributed by atoms with Gasteiger partial charge in [0.05, 0.1) is 13.2 Å². The Hall–Kier alpha value is -3.08. The van der Waals surface area contributed by atoms with E-state index in [1.807, 2.05) is 12.1 Å². The Balaban J connectivity index is 2.38. The quantitative estimate of drug-likeness (QED) is 0.188. The number of unbranched alkanes of at least 4 members (excludes halogenated alkanes) is 2. The minimum Gasteiger partial charge on any atom is -0.493 e. The number of nitrogens with zero attached hydrogens (tertiary/aromatic N) is 1. The van der Waals surface area contributed by atoms with Crippen molar-refractivity contribution in [2.24, 2.45) is 0 Å². The first-order valence-electron chi connectivity index (χ1n) is 12.6. The third-order valence-electron chi connectivity index (χ3n) is 5.67. The van der Waals surface area contributed by atoms with Gasteiger partial charge in [-0.3, -0.25) is 9.59 Å². The van der Waals surface area contributed by atoms with Crippen LogP contribution in [0.4, 0.5) is 0 Å². The van der Waals surface area contributed by atoms with E-state index in [4.69, 9.17) is 9.47 Å². The molecule has 0 saturated heterocycles. The fourth-order valence-corrected chi connectivity index (χ4v) is 3.49. The molecule has 0 heterocycles. The average Bonchev–Trinajstić information content (AvgIpc) is 2.82. The molecule has 2 rings (SSSR count). The Morgan fingerprint density at radius 1 is 0.857 bits per heavy atom. The van der Waals surface area contributed by atoms with Crippen LogP contribution in [0, 0.1) is 0 Å². The first-order valence-corrected chi connectivity index (χ1v) is 12.6. The molecule has 5 nitrogen and oxygen atoms in total. The van der Waals surface area contributed by atoms with E-state index >= 15 is 0 Å². The molecule has 0 bridgehead atoms. The lowest BCUT2D eigenvalue weighted by Crippen LogP contribution is -2.21. The maximum atomic E-state index is 12.9. The van der Waals surface area contributed by atoms with Crippen molar-refractivity contribution in [2.75, 3.05) is 27.3 Å². The molecule has 0 saturated carbocycles. The van der Waals surface area contributed by atoms with Crippen molar-refractivity contribution in [1.29, 1.82) is 0 Å². The van der Waals surface area contributed by atoms with Crippen molar-refractivity contribution in [1.82, 2.24) is 4.90 Å². The molecule has 190 valence electrons. The summed E-state index contributed by atoms with van der Waals surface area (Å²) in [5.74, 6) is 1.33. The molecule has 0 fully saturated rings. The van der Waals surface area contributed by atoms with Crippen molar-refractivity contribution in [3.63, 3.8) is 0 Å². The predicted octanol–water partition coefficient (Wildman–Crippen LogP) is 6.94. The second-order valence-electron chi connectivity index (χ2n) is 10.0. The van der Waals surface area contributed by atoms with Gasteiger partial charge in [0.25, 0.3) is 5.91 Å². The Kier molecular flexibility index (Phi) is 10.6. The van der Waals surface area contributed by atoms with Gasteiger partial charge in [0.15, 0.2) is 5.78 Å². The summed E-state index contributed by atoms with van der Waals surface area (Å²) in [6.07, 6.45) is 7.42. The van der Waals surface area contributed by atoms with Gasteiger partial charge in [0.1, 0.15) is 11.5 Å². The smallest absolute Gasteiger partial charge is 0.253 e. The van der Waals surface area contributed by atoms with Crippen LogP contribution < -0.4 is 9.47 Å². The van der Waals surface area contributed by atoms with E-state index in [0.29, 0.717) is 30.1 Å². The van der Waals surface area contributed by atoms with Gasteiger partial charge in [-0.15, -0.1) is 0 Å². The monoisotopic (exact) mass is 479 g/mol. The molecule has 0 atom stereocenters. The van der Waals surface area contributed by atoms with Crippen LogP contribution >= 0.6 is 0 Å². The second kappa shape index (κ2) is 13.1. The van der Waals surface area contributed by atoms with Crippen LogP contribution in [0.1, 0.15) is 92.1 Å². The van der Waals surface area contributed by atoms with E-state index in [1.54, 1.807) is 44.4 Å². The maximum absolute atomic E-state index is 12.9. The molecule has 0 aliphatic rings. The molecule has 5 heteroatoms. The highest BCUT2D eigenvalue weighted by Gasteiger charge is 2.22. The van der Waals surface area contributed by atoms with Crippen LogP contribution in [0.5, 0.6) is 11.5 Å². The summed E-state index contributed by atoms with van der Waals surface area (Å²) in [7, 11) is 3.41. The molecule has 2 aromatic carbocycles. The summed E-state index contributed by atoms with van der Waals surface area (Å²) >= 11 is 0. The topological polar surface area (TPSA) is 55.8 Å². The van der Waals surface area contributed by atoms with E-state index in [-0.39, 0.29) is 17.1 Å². The van der Waals surface area contributed by atoms with E-state index in [9.17, 15) is 9.59 Å². The second-order valence-corrected chi connectivity index (χ2v) is 10.0. The zero-order chi connectivity index (χ0) is 26.0. The fraction of sp³-hybridized carbons (Fsp3) is 0.467. The summed E-state index contributed by atoms with van der Waals surface area (Å²) in [5.41, 5.74) is 2.87. The van der Waals surface area contributed by atoms with Crippen LogP contribution in [-0.4, -0.2) is 43.9 Å². The highest BCUT2D eigenvalue weighted by Crippen LogP contribution is 2.37. The van der Waals surface area contributed by atoms with Crippen molar-refractivity contribution >= 4 is 17.8 Å². The molecule has 0 spiro atoms. The number of allylic oxidation sites excluding steroid dienone is 1. The number of carbonyl (C=O) groups is 2. The maximum Gasteiger partial charge on any atom is 0.253 e. The highest BCUT2D eigenvalue weighted by molar-refractivity contribution is 6.07. The van der Waals surface area contributed by atoms with E-state index in [2.05, 4.69) is 40.7 Å². The van der Waals surface area contributed by atoms with Crippen molar-refractivity contribution in [3.05, 3.63) is 64.7 Å². The minimum absolute atomic E-state index is 0.0932. The number of amides is 1. The van der Waals surface area contributed by atoms with E-state index < -0.39 is 0 Å². The van der Waals surface area contributed by atoms with Crippen LogP contribution in [0.3, 0.4) is 0 Å². The molecule has 0 unspecified atom stereocenters. The molecule has 0 N–H and O–H groups in total. The normalized spacial score (nSPS) is 11.5. The summed E-state index contributed by atoms with van der Waals surface area (Å²) in [4.78, 5) is 26.5. The van der Waals surface area contributed by atoms with Gasteiger partial charge in [-0.05, 0) is 48.6 Å². The predicted molar refractivity (Wildman–Crippen MR) is 144 cm³/mol. The van der Waals surface area contributed by atoms with Crippen molar-refractivity contribution in [2.45, 2.75) is 65.7 Å². The average molecular weight is 480 g/mol. The highest BCUT2D eigenvalue weighted by atomic mass is 16.5. The van der Waals surface area contributed by atoms with Crippen LogP contribution in [0.25, 0.3) is 6.08 Å². The Bertz CT molecular complexity index is 1010. The minimum atomic E-state index is -0.134. The Labute approximate surface area is 211 Å². The molecule has 2 aromatic rings. The number of hydrogen-bond donors (Lipinski definition) is 0. The third-order valence-corrected chi connectivity index (χ3v) is 5.67. The van der Waals surface area contributed by atoms with Gasteiger partial charge in [-0.1, -0.05) is 59.6 Å². The van der Waals surface area contributed by atoms with E-state index in [0.717, 1.165) is 42.6 Å². The first-order chi connectivity index (χ1) is 16.6. The first kappa shape index (κ1) is 28.2. The van der Waals surface area contributed by atoms with E-state index in [1.165, 1.54) is 4.90 Å². The van der Waals surface area contributed by atoms with Gasteiger partial charge >= 0.3 is 0 Å². The summed E-state index contributed by atoms with van der Waals surface area (Å²) in [6, 6.07) is 10.8. The summed E-state index contributed by atoms with van der Waals surface area (Å²) in [5, 5.41) is 0. The lowest BCUT2D eigenvalue weighted by atomic mass is 9.85. The fourth-order valence-electron chi connectivity index (χ4n) is 3.49. The van der Waals surface area contributed by atoms with Gasteiger partial charge in [0.2, 0.25) is 0 Å². The van der Waals surface area contributed by atoms with Gasteiger partial charge in [-0.2, -0.15) is 0 Å². The lowest BCUT2D eigenvalue weighted by molar-refractivity contribution is 0.0827. The zero-order valence-corrected chi connectivity index (χ0v) is 22.4. The standard InChI is InChI=1S/C30H41NO4/c1-8-10-18-34-27-21-28(35-19-11-9-2)25(30(3,4)5)20-24(27)16-17-26(32)22-12-14-23(15-13-22)29(33)31(6)7/h12-17,20-21H,8-11,18-19H2,1-7H3/b17-16+. The number of carbonyl (C=O) groups excluding carboxylic acids is 2. The number of benzene rings is 2. The van der Waals surface area contributed by atoms with Crippen molar-refractivity contribution < 1.29 is 19.1 Å². The zero-order valence-electron chi connectivity index (χ0n) is 22.4. The SMILES string of the molecule is CCCCOc1cc(OCCCC)c(C(C)(C)C)cc1/C=C/C(=O)c1ccc(C(=O)N(C)C)cc1. The van der Waals surface area contributed by atoms with Crippen molar-refractivity contribution in [3.8, 4) is 11.5 Å². The number of hydrogen-bond acceptors (Lipinski definition) is 4. The Morgan fingerprint density at radius 2 is 1.40 bits per heavy atom. The largest absolute Gasteiger partial charge is 0.493 e. The molecule has 1 amide bonds. The third kappa shape index (κ3) is 8.27. The summed E-state index contributed by atoms with van der Waals surface area (Å²) in [6.45, 7) is 12.0. The van der Waals surface area contributed by atoms with Crippen LogP contribution in [0.15, 0.2) is 42.5 Å². The Morgan fingerprint density at radius 3 is 1.91 bits per heavy atom. The molecule has 0 aromatic heterocycles. The molecule has 0 aliphatic carbocycles.